The lowest BCUT2D eigenvalue weighted by molar-refractivity contribution is 0.0754. The van der Waals surface area contributed by atoms with Crippen LogP contribution >= 0.6 is 27.7 Å². The molecule has 1 amide bonds. The fourth-order valence-electron chi connectivity index (χ4n) is 2.24. The highest BCUT2D eigenvalue weighted by Gasteiger charge is 2.27. The molecule has 2 N–H and O–H groups in total. The summed E-state index contributed by atoms with van der Waals surface area (Å²) in [5.74, 6) is 0.0407. The summed E-state index contributed by atoms with van der Waals surface area (Å²) in [6.07, 6.45) is 0. The van der Waals surface area contributed by atoms with Crippen LogP contribution in [0, 0.1) is 0 Å². The number of rotatable bonds is 1. The zero-order chi connectivity index (χ0) is 13.3. The topological polar surface area (TPSA) is 46.3 Å². The number of nitrogens with zero attached hydrogens (tertiary/aromatic N) is 1. The molecule has 0 saturated carbocycles. The smallest absolute Gasteiger partial charge is 0.256 e. The van der Waals surface area contributed by atoms with Gasteiger partial charge in [0.25, 0.3) is 5.91 Å². The van der Waals surface area contributed by atoms with Gasteiger partial charge in [-0.25, -0.2) is 0 Å². The summed E-state index contributed by atoms with van der Waals surface area (Å²) < 4.78 is 0.896. The zero-order valence-electron chi connectivity index (χ0n) is 10.5. The van der Waals surface area contributed by atoms with E-state index in [2.05, 4.69) is 29.8 Å². The molecule has 1 fully saturated rings. The molecule has 2 atom stereocenters. The highest BCUT2D eigenvalue weighted by atomic mass is 79.9. The molecule has 0 spiro atoms. The lowest BCUT2D eigenvalue weighted by Crippen LogP contribution is -2.44. The first-order chi connectivity index (χ1) is 8.47. The van der Waals surface area contributed by atoms with Crippen LogP contribution in [0.2, 0.25) is 0 Å². The first-order valence-electron chi connectivity index (χ1n) is 5.97. The summed E-state index contributed by atoms with van der Waals surface area (Å²) in [5.41, 5.74) is 7.05. The van der Waals surface area contributed by atoms with Crippen LogP contribution in [0.25, 0.3) is 0 Å². The van der Waals surface area contributed by atoms with Crippen LogP contribution in [0.3, 0.4) is 0 Å². The summed E-state index contributed by atoms with van der Waals surface area (Å²) in [5, 5.41) is 0.962. The maximum atomic E-state index is 12.4. The summed E-state index contributed by atoms with van der Waals surface area (Å²) in [7, 11) is 0. The molecule has 5 heteroatoms. The van der Waals surface area contributed by atoms with Crippen molar-refractivity contribution in [1.29, 1.82) is 0 Å². The van der Waals surface area contributed by atoms with Crippen molar-refractivity contribution in [2.45, 2.75) is 24.3 Å². The Labute approximate surface area is 120 Å². The average molecular weight is 329 g/mol. The van der Waals surface area contributed by atoms with Gasteiger partial charge in [-0.1, -0.05) is 29.8 Å². The van der Waals surface area contributed by atoms with Gasteiger partial charge in [-0.2, -0.15) is 11.8 Å². The molecule has 1 aliphatic heterocycles. The third-order valence-electron chi connectivity index (χ3n) is 2.95. The second kappa shape index (κ2) is 5.53. The molecular formula is C13H17BrN2OS. The van der Waals surface area contributed by atoms with Crippen LogP contribution < -0.4 is 5.73 Å². The van der Waals surface area contributed by atoms with E-state index in [4.69, 9.17) is 5.73 Å². The van der Waals surface area contributed by atoms with E-state index in [-0.39, 0.29) is 5.91 Å². The van der Waals surface area contributed by atoms with Gasteiger partial charge in [0.05, 0.1) is 5.56 Å². The highest BCUT2D eigenvalue weighted by molar-refractivity contribution is 9.10. The Bertz CT molecular complexity index is 456. The second-order valence-corrected chi connectivity index (χ2v) is 7.50. The van der Waals surface area contributed by atoms with Crippen molar-refractivity contribution in [2.75, 3.05) is 18.8 Å². The van der Waals surface area contributed by atoms with Crippen molar-refractivity contribution < 1.29 is 4.79 Å². The molecular weight excluding hydrogens is 312 g/mol. The number of nitrogens with two attached hydrogens (primary N) is 1. The van der Waals surface area contributed by atoms with Gasteiger partial charge in [-0.3, -0.25) is 4.79 Å². The van der Waals surface area contributed by atoms with E-state index >= 15 is 0 Å². The SMILES string of the molecule is CC1CN(C(=O)c2ccc(Br)cc2N)CC(C)S1. The lowest BCUT2D eigenvalue weighted by atomic mass is 10.1. The fourth-order valence-corrected chi connectivity index (χ4v) is 3.95. The minimum Gasteiger partial charge on any atom is -0.398 e. The number of halogens is 1. The maximum Gasteiger partial charge on any atom is 0.256 e. The summed E-state index contributed by atoms with van der Waals surface area (Å²) in [6.45, 7) is 5.91. The number of hydrogen-bond donors (Lipinski definition) is 1. The number of nitrogen functional groups attached to an aromatic ring is 1. The third kappa shape index (κ3) is 3.01. The fraction of sp³-hybridized carbons (Fsp3) is 0.462. The Balaban J connectivity index is 2.20. The van der Waals surface area contributed by atoms with Gasteiger partial charge < -0.3 is 10.6 Å². The van der Waals surface area contributed by atoms with Crippen molar-refractivity contribution in [2.24, 2.45) is 0 Å². The molecule has 0 radical (unpaired) electrons. The Morgan fingerprint density at radius 2 is 2.00 bits per heavy atom. The van der Waals surface area contributed by atoms with Crippen molar-refractivity contribution in [3.05, 3.63) is 28.2 Å². The minimum absolute atomic E-state index is 0.0407. The molecule has 2 rings (SSSR count). The molecule has 98 valence electrons. The molecule has 1 aliphatic rings. The minimum atomic E-state index is 0.0407. The Morgan fingerprint density at radius 1 is 1.39 bits per heavy atom. The molecule has 2 unspecified atom stereocenters. The van der Waals surface area contributed by atoms with Gasteiger partial charge in [0.1, 0.15) is 0 Å². The molecule has 1 aromatic carbocycles. The largest absolute Gasteiger partial charge is 0.398 e. The number of amides is 1. The third-order valence-corrected chi connectivity index (χ3v) is 4.67. The van der Waals surface area contributed by atoms with Crippen LogP contribution in [-0.4, -0.2) is 34.4 Å². The zero-order valence-corrected chi connectivity index (χ0v) is 12.9. The van der Waals surface area contributed by atoms with E-state index in [1.807, 2.05) is 22.7 Å². The van der Waals surface area contributed by atoms with Gasteiger partial charge in [0, 0.05) is 33.7 Å². The van der Waals surface area contributed by atoms with Crippen LogP contribution in [0.5, 0.6) is 0 Å². The molecule has 0 aromatic heterocycles. The van der Waals surface area contributed by atoms with Gasteiger partial charge in [-0.05, 0) is 18.2 Å². The van der Waals surface area contributed by atoms with E-state index in [1.54, 1.807) is 12.1 Å². The summed E-state index contributed by atoms with van der Waals surface area (Å²) in [4.78, 5) is 14.4. The standard InChI is InChI=1S/C13H17BrN2OS/c1-8-6-16(7-9(2)18-8)13(17)11-4-3-10(14)5-12(11)15/h3-5,8-9H,6-7,15H2,1-2H3. The normalized spacial score (nSPS) is 24.1. The van der Waals surface area contributed by atoms with Crippen LogP contribution in [-0.2, 0) is 0 Å². The lowest BCUT2D eigenvalue weighted by Gasteiger charge is -2.34. The Morgan fingerprint density at radius 3 is 2.56 bits per heavy atom. The number of thioether (sulfide) groups is 1. The molecule has 1 saturated heterocycles. The van der Waals surface area contributed by atoms with E-state index in [0.29, 0.717) is 21.8 Å². The van der Waals surface area contributed by atoms with Crippen LogP contribution in [0.1, 0.15) is 24.2 Å². The van der Waals surface area contributed by atoms with E-state index in [9.17, 15) is 4.79 Å². The van der Waals surface area contributed by atoms with Crippen LogP contribution in [0.15, 0.2) is 22.7 Å². The molecule has 0 aliphatic carbocycles. The van der Waals surface area contributed by atoms with Crippen molar-refractivity contribution in [1.82, 2.24) is 4.90 Å². The van der Waals surface area contributed by atoms with Gasteiger partial charge in [-0.15, -0.1) is 0 Å². The quantitative estimate of drug-likeness (QED) is 0.806. The first-order valence-corrected chi connectivity index (χ1v) is 7.70. The van der Waals surface area contributed by atoms with Gasteiger partial charge in [0.15, 0.2) is 0 Å². The van der Waals surface area contributed by atoms with Crippen LogP contribution in [0.4, 0.5) is 5.69 Å². The number of anilines is 1. The van der Waals surface area contributed by atoms with E-state index < -0.39 is 0 Å². The Kier molecular flexibility index (Phi) is 4.22. The molecule has 18 heavy (non-hydrogen) atoms. The number of benzene rings is 1. The number of carbonyl (C=O) groups excluding carboxylic acids is 1. The maximum absolute atomic E-state index is 12.4. The van der Waals surface area contributed by atoms with Crippen molar-refractivity contribution in [3.63, 3.8) is 0 Å². The molecule has 1 heterocycles. The van der Waals surface area contributed by atoms with Crippen molar-refractivity contribution in [3.8, 4) is 0 Å². The van der Waals surface area contributed by atoms with E-state index in [0.717, 1.165) is 17.6 Å². The number of carbonyl (C=O) groups is 1. The predicted molar refractivity (Wildman–Crippen MR) is 81.0 cm³/mol. The molecule has 1 aromatic rings. The average Bonchev–Trinajstić information content (AvgIpc) is 2.26. The van der Waals surface area contributed by atoms with Gasteiger partial charge >= 0.3 is 0 Å². The number of hydrogen-bond acceptors (Lipinski definition) is 3. The second-order valence-electron chi connectivity index (χ2n) is 4.70. The molecule has 0 bridgehead atoms. The Hall–Kier alpha value is -0.680. The van der Waals surface area contributed by atoms with E-state index in [1.165, 1.54) is 0 Å². The summed E-state index contributed by atoms with van der Waals surface area (Å²) in [6, 6.07) is 5.42. The highest BCUT2D eigenvalue weighted by Crippen LogP contribution is 2.27. The molecule has 3 nitrogen and oxygen atoms in total. The monoisotopic (exact) mass is 328 g/mol. The van der Waals surface area contributed by atoms with Crippen molar-refractivity contribution >= 4 is 39.3 Å². The summed E-state index contributed by atoms with van der Waals surface area (Å²) >= 11 is 5.28. The first kappa shape index (κ1) is 13.7. The van der Waals surface area contributed by atoms with Gasteiger partial charge in [0.2, 0.25) is 0 Å². The predicted octanol–water partition coefficient (Wildman–Crippen LogP) is 3.00.